The topological polar surface area (TPSA) is 66.0 Å². The molecule has 0 saturated carbocycles. The minimum Gasteiger partial charge on any atom is -0.420 e. The third kappa shape index (κ3) is 3.68. The maximum Gasteiger partial charge on any atom is 0.412 e. The van der Waals surface area contributed by atoms with Crippen LogP contribution >= 0.6 is 23.5 Å². The zero-order valence-electron chi connectivity index (χ0n) is 15.4. The van der Waals surface area contributed by atoms with Crippen molar-refractivity contribution in [2.24, 2.45) is 0 Å². The van der Waals surface area contributed by atoms with Crippen LogP contribution in [0.25, 0.3) is 0 Å². The molecule has 0 aliphatic carbocycles. The predicted molar refractivity (Wildman–Crippen MR) is 108 cm³/mol. The van der Waals surface area contributed by atoms with E-state index in [0.717, 1.165) is 35.1 Å². The molecular formula is C18H22N4O3S2. The lowest BCUT2D eigenvalue weighted by Crippen LogP contribution is -2.49. The zero-order valence-corrected chi connectivity index (χ0v) is 17.0. The van der Waals surface area contributed by atoms with Gasteiger partial charge in [-0.2, -0.15) is 0 Å². The number of ether oxygens (including phenoxy) is 1. The molecule has 1 atom stereocenters. The highest BCUT2D eigenvalue weighted by molar-refractivity contribution is 8.10. The summed E-state index contributed by atoms with van der Waals surface area (Å²) in [7, 11) is 2.04. The molecule has 9 heteroatoms. The fraction of sp³-hybridized carbons (Fsp3) is 0.500. The fourth-order valence-electron chi connectivity index (χ4n) is 3.21. The number of piperazine rings is 1. The first-order valence-electron chi connectivity index (χ1n) is 8.94. The van der Waals surface area contributed by atoms with Crippen molar-refractivity contribution < 1.29 is 14.3 Å². The third-order valence-electron chi connectivity index (χ3n) is 4.80. The van der Waals surface area contributed by atoms with Crippen LogP contribution in [0.5, 0.6) is 0 Å². The Morgan fingerprint density at radius 3 is 2.63 bits per heavy atom. The standard InChI is InChI=1S/C18H22N4O3S2/c1-12-3-4-13(19-11-12)22-16(23)14-15(27-10-9-26-14)17(22)25-18(24)21-7-5-20(2)6-8-21/h3-4,11,17H,5-10H2,1-2H3. The number of amides is 2. The highest BCUT2D eigenvalue weighted by atomic mass is 32.2. The van der Waals surface area contributed by atoms with Gasteiger partial charge < -0.3 is 14.5 Å². The summed E-state index contributed by atoms with van der Waals surface area (Å²) in [6.07, 6.45) is 0.620. The number of carbonyl (C=O) groups is 2. The molecule has 1 unspecified atom stereocenters. The Hall–Kier alpha value is -1.71. The van der Waals surface area contributed by atoms with Crippen molar-refractivity contribution in [3.05, 3.63) is 33.7 Å². The van der Waals surface area contributed by atoms with Crippen molar-refractivity contribution in [2.45, 2.75) is 13.2 Å². The summed E-state index contributed by atoms with van der Waals surface area (Å²) < 4.78 is 5.86. The molecule has 3 aliphatic rings. The number of aromatic nitrogens is 1. The van der Waals surface area contributed by atoms with Gasteiger partial charge in [-0.1, -0.05) is 6.07 Å². The highest BCUT2D eigenvalue weighted by Crippen LogP contribution is 2.45. The lowest BCUT2D eigenvalue weighted by atomic mass is 10.3. The molecule has 1 aromatic heterocycles. The second-order valence-corrected chi connectivity index (χ2v) is 9.03. The lowest BCUT2D eigenvalue weighted by Gasteiger charge is -2.33. The minimum atomic E-state index is -0.729. The van der Waals surface area contributed by atoms with Gasteiger partial charge in [-0.15, -0.1) is 23.5 Å². The van der Waals surface area contributed by atoms with E-state index >= 15 is 0 Å². The molecule has 27 heavy (non-hydrogen) atoms. The summed E-state index contributed by atoms with van der Waals surface area (Å²) in [4.78, 5) is 37.1. The van der Waals surface area contributed by atoms with Crippen molar-refractivity contribution >= 4 is 41.3 Å². The van der Waals surface area contributed by atoms with E-state index in [4.69, 9.17) is 4.74 Å². The van der Waals surface area contributed by atoms with E-state index in [1.807, 2.05) is 20.0 Å². The first-order chi connectivity index (χ1) is 13.0. The van der Waals surface area contributed by atoms with Crippen molar-refractivity contribution in [3.8, 4) is 0 Å². The smallest absolute Gasteiger partial charge is 0.412 e. The molecule has 3 aliphatic heterocycles. The van der Waals surface area contributed by atoms with Crippen molar-refractivity contribution in [2.75, 3.05) is 49.6 Å². The first kappa shape index (κ1) is 18.6. The number of aryl methyl sites for hydroxylation is 1. The van der Waals surface area contributed by atoms with Gasteiger partial charge in [-0.25, -0.2) is 14.7 Å². The normalized spacial score (nSPS) is 23.6. The van der Waals surface area contributed by atoms with Crippen LogP contribution in [0.4, 0.5) is 10.6 Å². The average Bonchev–Trinajstić information content (AvgIpc) is 2.95. The SMILES string of the molecule is Cc1ccc(N2C(=O)C3=C(SCCS3)C2OC(=O)N2CCN(C)CC2)nc1. The van der Waals surface area contributed by atoms with Gasteiger partial charge in [-0.05, 0) is 25.6 Å². The van der Waals surface area contributed by atoms with E-state index in [1.165, 1.54) is 16.7 Å². The summed E-state index contributed by atoms with van der Waals surface area (Å²) in [5.41, 5.74) is 1.01. The molecule has 0 N–H and O–H groups in total. The summed E-state index contributed by atoms with van der Waals surface area (Å²) in [6.45, 7) is 4.85. The van der Waals surface area contributed by atoms with E-state index in [2.05, 4.69) is 9.88 Å². The molecule has 0 bridgehead atoms. The van der Waals surface area contributed by atoms with Crippen LogP contribution in [-0.4, -0.2) is 77.7 Å². The van der Waals surface area contributed by atoms with E-state index in [1.54, 1.807) is 28.9 Å². The Labute approximate surface area is 167 Å². The van der Waals surface area contributed by atoms with Crippen LogP contribution in [0.1, 0.15) is 5.56 Å². The highest BCUT2D eigenvalue weighted by Gasteiger charge is 2.45. The third-order valence-corrected chi connectivity index (χ3v) is 7.40. The van der Waals surface area contributed by atoms with Gasteiger partial charge in [0.15, 0.2) is 0 Å². The van der Waals surface area contributed by atoms with Gasteiger partial charge in [0.1, 0.15) is 5.82 Å². The number of carbonyl (C=O) groups excluding carboxylic acids is 2. The molecule has 0 radical (unpaired) electrons. The maximum absolute atomic E-state index is 13.0. The Balaban J connectivity index is 1.59. The largest absolute Gasteiger partial charge is 0.420 e. The van der Waals surface area contributed by atoms with Gasteiger partial charge in [0.05, 0.1) is 9.81 Å². The van der Waals surface area contributed by atoms with E-state index < -0.39 is 6.23 Å². The van der Waals surface area contributed by atoms with Crippen molar-refractivity contribution in [1.82, 2.24) is 14.8 Å². The monoisotopic (exact) mass is 406 g/mol. The lowest BCUT2D eigenvalue weighted by molar-refractivity contribution is -0.115. The molecule has 1 aromatic rings. The van der Waals surface area contributed by atoms with E-state index in [-0.39, 0.29) is 12.0 Å². The van der Waals surface area contributed by atoms with E-state index in [0.29, 0.717) is 23.8 Å². The van der Waals surface area contributed by atoms with Gasteiger partial charge in [-0.3, -0.25) is 4.79 Å². The Kier molecular flexibility index (Phi) is 5.34. The second kappa shape index (κ2) is 7.73. The molecule has 1 fully saturated rings. The number of anilines is 1. The van der Waals surface area contributed by atoms with Crippen LogP contribution < -0.4 is 4.90 Å². The number of hydrogen-bond donors (Lipinski definition) is 0. The Morgan fingerprint density at radius 1 is 1.19 bits per heavy atom. The fourth-order valence-corrected chi connectivity index (χ4v) is 5.63. The molecule has 7 nitrogen and oxygen atoms in total. The van der Waals surface area contributed by atoms with Gasteiger partial charge in [0, 0.05) is 43.9 Å². The van der Waals surface area contributed by atoms with Crippen LogP contribution in [0, 0.1) is 6.92 Å². The van der Waals surface area contributed by atoms with Crippen LogP contribution in [0.3, 0.4) is 0 Å². The minimum absolute atomic E-state index is 0.130. The summed E-state index contributed by atoms with van der Waals surface area (Å²) in [6, 6.07) is 3.71. The molecule has 2 amide bonds. The van der Waals surface area contributed by atoms with Crippen molar-refractivity contribution in [3.63, 3.8) is 0 Å². The van der Waals surface area contributed by atoms with E-state index in [9.17, 15) is 9.59 Å². The number of thioether (sulfide) groups is 2. The van der Waals surface area contributed by atoms with Crippen LogP contribution in [-0.2, 0) is 9.53 Å². The summed E-state index contributed by atoms with van der Waals surface area (Å²) in [5.74, 6) is 2.16. The number of pyridine rings is 1. The van der Waals surface area contributed by atoms with Crippen LogP contribution in [0.2, 0.25) is 0 Å². The van der Waals surface area contributed by atoms with Gasteiger partial charge in [0.2, 0.25) is 6.23 Å². The number of nitrogens with zero attached hydrogens (tertiary/aromatic N) is 4. The molecule has 0 spiro atoms. The quantitative estimate of drug-likeness (QED) is 0.745. The Morgan fingerprint density at radius 2 is 1.93 bits per heavy atom. The van der Waals surface area contributed by atoms with Crippen LogP contribution in [0.15, 0.2) is 28.1 Å². The predicted octanol–water partition coefficient (Wildman–Crippen LogP) is 2.14. The number of likely N-dealkylation sites (N-methyl/N-ethyl adjacent to an activating group) is 1. The first-order valence-corrected chi connectivity index (χ1v) is 10.9. The molecule has 0 aromatic carbocycles. The number of hydrogen-bond acceptors (Lipinski definition) is 7. The zero-order chi connectivity index (χ0) is 19.0. The summed E-state index contributed by atoms with van der Waals surface area (Å²) in [5, 5.41) is 0. The Bertz CT molecular complexity index is 775. The summed E-state index contributed by atoms with van der Waals surface area (Å²) >= 11 is 3.14. The van der Waals surface area contributed by atoms with Gasteiger partial charge in [0.25, 0.3) is 5.91 Å². The van der Waals surface area contributed by atoms with Gasteiger partial charge >= 0.3 is 6.09 Å². The molecule has 4 heterocycles. The number of rotatable bonds is 2. The second-order valence-electron chi connectivity index (χ2n) is 6.79. The average molecular weight is 407 g/mol. The molecule has 4 rings (SSSR count). The molecule has 1 saturated heterocycles. The maximum atomic E-state index is 13.0. The van der Waals surface area contributed by atoms with Crippen molar-refractivity contribution in [1.29, 1.82) is 0 Å². The molecule has 144 valence electrons. The molecular weight excluding hydrogens is 384 g/mol.